The topological polar surface area (TPSA) is 95.4 Å². The number of piperazine rings is 1. The van der Waals surface area contributed by atoms with Gasteiger partial charge in [-0.25, -0.2) is 13.4 Å². The zero-order valence-electron chi connectivity index (χ0n) is 21.6. The smallest absolute Gasteiger partial charge is 0.237 e. The summed E-state index contributed by atoms with van der Waals surface area (Å²) >= 11 is 0. The first-order valence-electron chi connectivity index (χ1n) is 12.4. The van der Waals surface area contributed by atoms with E-state index in [1.165, 1.54) is 5.69 Å². The Hall–Kier alpha value is -3.63. The zero-order valence-corrected chi connectivity index (χ0v) is 22.5. The van der Waals surface area contributed by atoms with E-state index >= 15 is 0 Å². The Bertz CT molecular complexity index is 1500. The monoisotopic (exact) mass is 519 g/mol. The van der Waals surface area contributed by atoms with Crippen molar-refractivity contribution < 1.29 is 8.42 Å². The number of hydrogen-bond acceptors (Lipinski definition) is 7. The van der Waals surface area contributed by atoms with E-state index in [4.69, 9.17) is 4.98 Å². The van der Waals surface area contributed by atoms with Crippen LogP contribution in [-0.2, 0) is 10.0 Å². The highest BCUT2D eigenvalue weighted by atomic mass is 32.2. The summed E-state index contributed by atoms with van der Waals surface area (Å²) in [6.07, 6.45) is 3.69. The molecule has 0 bridgehead atoms. The summed E-state index contributed by atoms with van der Waals surface area (Å²) in [5, 5.41) is 4.19. The van der Waals surface area contributed by atoms with E-state index in [1.807, 2.05) is 41.1 Å². The van der Waals surface area contributed by atoms with Crippen LogP contribution in [0.4, 0.5) is 23.0 Å². The minimum Gasteiger partial charge on any atom is -0.369 e. The molecule has 4 aromatic rings. The van der Waals surface area contributed by atoms with Gasteiger partial charge in [0, 0.05) is 61.0 Å². The molecular formula is C27H33N7O2S. The summed E-state index contributed by atoms with van der Waals surface area (Å²) in [4.78, 5) is 14.0. The van der Waals surface area contributed by atoms with E-state index < -0.39 is 14.8 Å². The normalized spacial score (nSPS) is 15.2. The van der Waals surface area contributed by atoms with Crippen LogP contribution in [-0.4, -0.2) is 65.8 Å². The number of rotatable bonds is 6. The number of fused-ring (bicyclic) bond motifs is 1. The average Bonchev–Trinajstić information content (AvgIpc) is 3.28. The standard InChI is InChI=1S/C27H33N7O2S/c1-27(2,3)37(35,36)31-22-6-5-7-24(18-22)34-13-12-20-19-28-26(30-25(20)34)29-21-8-10-23(11-9-21)33-16-14-32(4)15-17-33/h5-13,18-19,31H,14-17H2,1-4H3,(H,28,29,30). The maximum atomic E-state index is 12.6. The SMILES string of the molecule is CN1CCN(c2ccc(Nc3ncc4ccn(-c5cccc(NS(=O)(=O)C(C)(C)C)c5)c4n3)cc2)CC1. The van der Waals surface area contributed by atoms with Crippen LogP contribution in [0, 0.1) is 0 Å². The van der Waals surface area contributed by atoms with E-state index in [0.29, 0.717) is 11.6 Å². The molecule has 9 nitrogen and oxygen atoms in total. The van der Waals surface area contributed by atoms with Crippen molar-refractivity contribution in [1.82, 2.24) is 19.4 Å². The second-order valence-electron chi connectivity index (χ2n) is 10.4. The molecule has 1 aliphatic rings. The van der Waals surface area contributed by atoms with Gasteiger partial charge in [0.1, 0.15) is 5.65 Å². The van der Waals surface area contributed by atoms with E-state index in [1.54, 1.807) is 39.1 Å². The third-order valence-corrected chi connectivity index (χ3v) is 8.72. The molecule has 0 radical (unpaired) electrons. The van der Waals surface area contributed by atoms with E-state index in [9.17, 15) is 8.42 Å². The Kier molecular flexibility index (Phi) is 6.55. The van der Waals surface area contributed by atoms with Gasteiger partial charge in [-0.05, 0) is 76.3 Å². The molecule has 0 unspecified atom stereocenters. The second kappa shape index (κ2) is 9.68. The zero-order chi connectivity index (χ0) is 26.2. The predicted molar refractivity (Wildman–Crippen MR) is 151 cm³/mol. The second-order valence-corrected chi connectivity index (χ2v) is 12.8. The molecule has 1 aliphatic heterocycles. The van der Waals surface area contributed by atoms with Crippen molar-refractivity contribution in [3.05, 3.63) is 67.0 Å². The molecule has 2 N–H and O–H groups in total. The van der Waals surface area contributed by atoms with Gasteiger partial charge in [-0.3, -0.25) is 4.72 Å². The molecule has 5 rings (SSSR count). The van der Waals surface area contributed by atoms with E-state index in [2.05, 4.69) is 44.0 Å². The van der Waals surface area contributed by atoms with Gasteiger partial charge in [0.25, 0.3) is 0 Å². The van der Waals surface area contributed by atoms with E-state index in [0.717, 1.165) is 48.6 Å². The third kappa shape index (κ3) is 5.40. The maximum Gasteiger partial charge on any atom is 0.237 e. The quantitative estimate of drug-likeness (QED) is 0.388. The summed E-state index contributed by atoms with van der Waals surface area (Å²) < 4.78 is 28.9. The number of nitrogens with one attached hydrogen (secondary N) is 2. The average molecular weight is 520 g/mol. The number of aromatic nitrogens is 3. The van der Waals surface area contributed by atoms with Crippen LogP contribution in [0.25, 0.3) is 16.7 Å². The lowest BCUT2D eigenvalue weighted by molar-refractivity contribution is 0.313. The van der Waals surface area contributed by atoms with Gasteiger partial charge >= 0.3 is 0 Å². The molecule has 0 amide bonds. The summed E-state index contributed by atoms with van der Waals surface area (Å²) in [7, 11) is -1.38. The highest BCUT2D eigenvalue weighted by Gasteiger charge is 2.29. The summed E-state index contributed by atoms with van der Waals surface area (Å²) in [6, 6.07) is 17.6. The first-order valence-corrected chi connectivity index (χ1v) is 13.8. The summed E-state index contributed by atoms with van der Waals surface area (Å²) in [5.41, 5.74) is 4.15. The fourth-order valence-electron chi connectivity index (χ4n) is 4.16. The van der Waals surface area contributed by atoms with Crippen LogP contribution in [0.3, 0.4) is 0 Å². The van der Waals surface area contributed by atoms with Gasteiger partial charge < -0.3 is 19.7 Å². The van der Waals surface area contributed by atoms with Crippen molar-refractivity contribution in [2.24, 2.45) is 0 Å². The first kappa shape index (κ1) is 25.0. The Morgan fingerprint density at radius 2 is 1.62 bits per heavy atom. The van der Waals surface area contributed by atoms with Crippen LogP contribution in [0.2, 0.25) is 0 Å². The Morgan fingerprint density at radius 1 is 0.892 bits per heavy atom. The Morgan fingerprint density at radius 3 is 2.32 bits per heavy atom. The molecule has 3 heterocycles. The molecule has 37 heavy (non-hydrogen) atoms. The van der Waals surface area contributed by atoms with Gasteiger partial charge in [-0.1, -0.05) is 6.07 Å². The molecule has 0 saturated carbocycles. The molecule has 0 atom stereocenters. The number of nitrogens with zero attached hydrogens (tertiary/aromatic N) is 5. The minimum atomic E-state index is -3.53. The molecule has 2 aromatic heterocycles. The number of hydrogen-bond donors (Lipinski definition) is 2. The molecule has 0 aliphatic carbocycles. The van der Waals surface area contributed by atoms with Crippen molar-refractivity contribution in [3.8, 4) is 5.69 Å². The fourth-order valence-corrected chi connectivity index (χ4v) is 4.91. The van der Waals surface area contributed by atoms with Gasteiger partial charge in [0.05, 0.1) is 10.4 Å². The number of likely N-dealkylation sites (N-methyl/N-ethyl adjacent to an activating group) is 1. The summed E-state index contributed by atoms with van der Waals surface area (Å²) in [6.45, 7) is 9.20. The van der Waals surface area contributed by atoms with Crippen molar-refractivity contribution in [3.63, 3.8) is 0 Å². The molecule has 1 saturated heterocycles. The highest BCUT2D eigenvalue weighted by Crippen LogP contribution is 2.26. The molecule has 0 spiro atoms. The van der Waals surface area contributed by atoms with Gasteiger partial charge in [0.2, 0.25) is 16.0 Å². The number of sulfonamides is 1. The van der Waals surface area contributed by atoms with Gasteiger partial charge in [0.15, 0.2) is 0 Å². The van der Waals surface area contributed by atoms with Crippen LogP contribution < -0.4 is 14.9 Å². The van der Waals surface area contributed by atoms with E-state index in [-0.39, 0.29) is 0 Å². The Balaban J connectivity index is 1.36. The Labute approximate surface area is 218 Å². The lowest BCUT2D eigenvalue weighted by Gasteiger charge is -2.34. The lowest BCUT2D eigenvalue weighted by atomic mass is 10.2. The molecule has 1 fully saturated rings. The van der Waals surface area contributed by atoms with Crippen LogP contribution in [0.5, 0.6) is 0 Å². The molecule has 194 valence electrons. The maximum absolute atomic E-state index is 12.6. The highest BCUT2D eigenvalue weighted by molar-refractivity contribution is 7.94. The molecule has 2 aromatic carbocycles. The minimum absolute atomic E-state index is 0.490. The van der Waals surface area contributed by atoms with Crippen molar-refractivity contribution in [2.45, 2.75) is 25.5 Å². The predicted octanol–water partition coefficient (Wildman–Crippen LogP) is 4.46. The number of benzene rings is 2. The van der Waals surface area contributed by atoms with Crippen molar-refractivity contribution in [2.75, 3.05) is 48.2 Å². The van der Waals surface area contributed by atoms with Crippen molar-refractivity contribution in [1.29, 1.82) is 0 Å². The third-order valence-electron chi connectivity index (χ3n) is 6.60. The fraction of sp³-hybridized carbons (Fsp3) is 0.333. The van der Waals surface area contributed by atoms with Gasteiger partial charge in [-0.15, -0.1) is 0 Å². The first-order chi connectivity index (χ1) is 17.6. The van der Waals surface area contributed by atoms with Crippen molar-refractivity contribution >= 4 is 44.1 Å². The lowest BCUT2D eigenvalue weighted by Crippen LogP contribution is -2.44. The molecular weight excluding hydrogens is 486 g/mol. The number of anilines is 4. The van der Waals surface area contributed by atoms with Crippen LogP contribution in [0.1, 0.15) is 20.8 Å². The molecule has 10 heteroatoms. The largest absolute Gasteiger partial charge is 0.369 e. The van der Waals surface area contributed by atoms with Gasteiger partial charge in [-0.2, -0.15) is 4.98 Å². The van der Waals surface area contributed by atoms with Crippen LogP contribution >= 0.6 is 0 Å². The summed E-state index contributed by atoms with van der Waals surface area (Å²) in [5.74, 6) is 0.490. The van der Waals surface area contributed by atoms with Crippen LogP contribution in [0.15, 0.2) is 67.0 Å².